The number of nitrogens with zero attached hydrogens (tertiary/aromatic N) is 3. The Bertz CT molecular complexity index is 1010. The topological polar surface area (TPSA) is 46.8 Å². The van der Waals surface area contributed by atoms with Gasteiger partial charge in [-0.25, -0.2) is 4.98 Å². The van der Waals surface area contributed by atoms with E-state index in [1.807, 2.05) is 6.92 Å². The molecule has 0 atom stereocenters. The summed E-state index contributed by atoms with van der Waals surface area (Å²) in [6.07, 6.45) is -1.87. The molecule has 0 fully saturated rings. The zero-order valence-electron chi connectivity index (χ0n) is 13.7. The molecule has 0 N–H and O–H groups in total. The molecule has 5 nitrogen and oxygen atoms in total. The van der Waals surface area contributed by atoms with Crippen molar-refractivity contribution < 1.29 is 22.7 Å². The highest BCUT2D eigenvalue weighted by molar-refractivity contribution is 5.98. The van der Waals surface area contributed by atoms with E-state index >= 15 is 0 Å². The minimum Gasteiger partial charge on any atom is -0.482 e. The summed E-state index contributed by atoms with van der Waals surface area (Å²) in [5.74, 6) is 0.459. The Kier molecular flexibility index (Phi) is 3.64. The van der Waals surface area contributed by atoms with Crippen LogP contribution in [0, 0.1) is 0 Å². The van der Waals surface area contributed by atoms with Crippen molar-refractivity contribution in [1.82, 2.24) is 9.38 Å². The van der Waals surface area contributed by atoms with E-state index in [1.165, 1.54) is 16.7 Å². The highest BCUT2D eigenvalue weighted by Crippen LogP contribution is 2.36. The van der Waals surface area contributed by atoms with Crippen LogP contribution >= 0.6 is 0 Å². The smallest absolute Gasteiger partial charge is 0.417 e. The van der Waals surface area contributed by atoms with Crippen molar-refractivity contribution in [2.24, 2.45) is 0 Å². The van der Waals surface area contributed by atoms with Crippen LogP contribution in [0.3, 0.4) is 0 Å². The van der Waals surface area contributed by atoms with Crippen molar-refractivity contribution in [1.29, 1.82) is 0 Å². The minimum atomic E-state index is -4.41. The molecule has 1 amide bonds. The van der Waals surface area contributed by atoms with Crippen LogP contribution in [0.15, 0.2) is 42.7 Å². The monoisotopic (exact) mass is 361 g/mol. The van der Waals surface area contributed by atoms with Gasteiger partial charge in [0.2, 0.25) is 0 Å². The van der Waals surface area contributed by atoms with Crippen molar-refractivity contribution in [3.8, 4) is 17.0 Å². The molecule has 0 spiro atoms. The first kappa shape index (κ1) is 16.4. The van der Waals surface area contributed by atoms with E-state index in [9.17, 15) is 18.0 Å². The van der Waals surface area contributed by atoms with E-state index in [1.54, 1.807) is 23.1 Å². The molecule has 0 unspecified atom stereocenters. The van der Waals surface area contributed by atoms with Crippen LogP contribution in [0.2, 0.25) is 0 Å². The number of halogens is 3. The van der Waals surface area contributed by atoms with Crippen LogP contribution in [0.1, 0.15) is 12.5 Å². The van der Waals surface area contributed by atoms with Gasteiger partial charge in [-0.2, -0.15) is 13.2 Å². The fraction of sp³-hybridized carbons (Fsp3) is 0.222. The van der Waals surface area contributed by atoms with Crippen molar-refractivity contribution in [3.63, 3.8) is 0 Å². The molecule has 8 heteroatoms. The van der Waals surface area contributed by atoms with E-state index in [0.29, 0.717) is 34.9 Å². The van der Waals surface area contributed by atoms with E-state index in [4.69, 9.17) is 4.74 Å². The zero-order chi connectivity index (χ0) is 18.5. The van der Waals surface area contributed by atoms with E-state index in [0.717, 1.165) is 12.3 Å². The Morgan fingerprint density at radius 3 is 2.73 bits per heavy atom. The summed E-state index contributed by atoms with van der Waals surface area (Å²) in [6.45, 7) is 2.36. The molecule has 1 aliphatic rings. The van der Waals surface area contributed by atoms with Crippen molar-refractivity contribution in [3.05, 3.63) is 48.3 Å². The lowest BCUT2D eigenvalue weighted by Gasteiger charge is -2.28. The molecule has 1 aromatic carbocycles. The first-order valence-corrected chi connectivity index (χ1v) is 8.00. The highest BCUT2D eigenvalue weighted by atomic mass is 19.4. The molecule has 4 rings (SSSR count). The van der Waals surface area contributed by atoms with Crippen LogP contribution in [-0.4, -0.2) is 28.4 Å². The van der Waals surface area contributed by atoms with E-state index in [2.05, 4.69) is 4.98 Å². The highest BCUT2D eigenvalue weighted by Gasteiger charge is 2.31. The SMILES string of the molecule is CCN1C(=O)COc2ccc(-c3cn4cc(C(F)(F)F)ccc4n3)cc21. The van der Waals surface area contributed by atoms with Gasteiger partial charge in [0.15, 0.2) is 6.61 Å². The summed E-state index contributed by atoms with van der Waals surface area (Å²) in [4.78, 5) is 18.0. The molecule has 0 saturated heterocycles. The number of alkyl halides is 3. The number of imidazole rings is 1. The molecule has 2 aromatic heterocycles. The van der Waals surface area contributed by atoms with Gasteiger partial charge in [0.1, 0.15) is 11.4 Å². The number of carbonyl (C=O) groups excluding carboxylic acids is 1. The van der Waals surface area contributed by atoms with Crippen LogP contribution in [0.25, 0.3) is 16.9 Å². The number of pyridine rings is 1. The molecule has 3 heterocycles. The number of carbonyl (C=O) groups is 1. The van der Waals surface area contributed by atoms with Crippen LogP contribution < -0.4 is 9.64 Å². The number of rotatable bonds is 2. The molecular weight excluding hydrogens is 347 g/mol. The number of hydrogen-bond acceptors (Lipinski definition) is 3. The molecule has 26 heavy (non-hydrogen) atoms. The lowest BCUT2D eigenvalue weighted by Crippen LogP contribution is -2.38. The molecule has 1 aliphatic heterocycles. The Balaban J connectivity index is 1.78. The predicted molar refractivity (Wildman–Crippen MR) is 89.2 cm³/mol. The normalized spacial score (nSPS) is 14.5. The van der Waals surface area contributed by atoms with Gasteiger partial charge in [-0.1, -0.05) is 0 Å². The average molecular weight is 361 g/mol. The fourth-order valence-corrected chi connectivity index (χ4v) is 3.01. The number of benzene rings is 1. The predicted octanol–water partition coefficient (Wildman–Crippen LogP) is 3.77. The number of ether oxygens (including phenoxy) is 1. The van der Waals surface area contributed by atoms with Crippen molar-refractivity contribution >= 4 is 17.2 Å². The Morgan fingerprint density at radius 2 is 2.00 bits per heavy atom. The van der Waals surface area contributed by atoms with Crippen LogP contribution in [-0.2, 0) is 11.0 Å². The number of anilines is 1. The Labute approximate surface area is 146 Å². The second-order valence-electron chi connectivity index (χ2n) is 5.92. The van der Waals surface area contributed by atoms with Gasteiger partial charge >= 0.3 is 6.18 Å². The maximum absolute atomic E-state index is 12.9. The molecule has 0 radical (unpaired) electrons. The first-order chi connectivity index (χ1) is 12.4. The van der Waals surface area contributed by atoms with Gasteiger partial charge in [0.25, 0.3) is 5.91 Å². The van der Waals surface area contributed by atoms with E-state index < -0.39 is 11.7 Å². The quantitative estimate of drug-likeness (QED) is 0.698. The van der Waals surface area contributed by atoms with Crippen molar-refractivity contribution in [2.45, 2.75) is 13.1 Å². The van der Waals surface area contributed by atoms with Crippen LogP contribution in [0.4, 0.5) is 18.9 Å². The Morgan fingerprint density at radius 1 is 1.19 bits per heavy atom. The second-order valence-corrected chi connectivity index (χ2v) is 5.92. The Hall–Kier alpha value is -3.03. The zero-order valence-corrected chi connectivity index (χ0v) is 13.7. The van der Waals surface area contributed by atoms with Crippen LogP contribution in [0.5, 0.6) is 5.75 Å². The maximum Gasteiger partial charge on any atom is 0.417 e. The third-order valence-electron chi connectivity index (χ3n) is 4.29. The van der Waals surface area contributed by atoms with Crippen molar-refractivity contribution in [2.75, 3.05) is 18.1 Å². The number of fused-ring (bicyclic) bond motifs is 2. The summed E-state index contributed by atoms with van der Waals surface area (Å²) in [5, 5.41) is 0. The standard InChI is InChI=1S/C18H14F3N3O2/c1-2-24-14-7-11(3-5-15(14)26-10-17(24)25)13-9-23-8-12(18(19,20)21)4-6-16(23)22-13/h3-9H,2,10H2,1H3. The molecule has 134 valence electrons. The third-order valence-corrected chi connectivity index (χ3v) is 4.29. The van der Waals surface area contributed by atoms with Gasteiger partial charge in [0.05, 0.1) is 16.9 Å². The maximum atomic E-state index is 12.9. The number of likely N-dealkylation sites (N-methyl/N-ethyl adjacent to an activating group) is 1. The minimum absolute atomic E-state index is 0.00519. The number of hydrogen-bond donors (Lipinski definition) is 0. The molecule has 0 saturated carbocycles. The summed E-state index contributed by atoms with van der Waals surface area (Å²) >= 11 is 0. The molecular formula is C18H14F3N3O2. The number of aromatic nitrogens is 2. The molecule has 3 aromatic rings. The average Bonchev–Trinajstić information content (AvgIpc) is 3.03. The van der Waals surface area contributed by atoms with Gasteiger partial charge in [-0.15, -0.1) is 0 Å². The van der Waals surface area contributed by atoms with Gasteiger partial charge < -0.3 is 14.0 Å². The summed E-state index contributed by atoms with van der Waals surface area (Å²) < 4.78 is 45.4. The number of amides is 1. The lowest BCUT2D eigenvalue weighted by molar-refractivity contribution is -0.137. The summed E-state index contributed by atoms with van der Waals surface area (Å²) in [7, 11) is 0. The molecule has 0 bridgehead atoms. The second kappa shape index (κ2) is 5.76. The van der Waals surface area contributed by atoms with Gasteiger partial charge in [0, 0.05) is 24.5 Å². The summed E-state index contributed by atoms with van der Waals surface area (Å²) in [6, 6.07) is 7.61. The van der Waals surface area contributed by atoms with E-state index in [-0.39, 0.29) is 12.5 Å². The lowest BCUT2D eigenvalue weighted by atomic mass is 10.1. The fourth-order valence-electron chi connectivity index (χ4n) is 3.01. The molecule has 0 aliphatic carbocycles. The third kappa shape index (κ3) is 2.67. The summed E-state index contributed by atoms with van der Waals surface area (Å²) in [5.41, 5.74) is 1.51. The van der Waals surface area contributed by atoms with Gasteiger partial charge in [-0.3, -0.25) is 4.79 Å². The van der Waals surface area contributed by atoms with Gasteiger partial charge in [-0.05, 0) is 37.3 Å². The largest absolute Gasteiger partial charge is 0.482 e. The first-order valence-electron chi connectivity index (χ1n) is 8.00.